The molecule has 0 N–H and O–H groups in total. The van der Waals surface area contributed by atoms with Gasteiger partial charge in [0.1, 0.15) is 5.58 Å². The standard InChI is InChI=1S/C51H34N4O/c1-5-15-33(16-6-1)37-27-29-43-41(31-37)42-32-38(34-17-7-2-8-18-34)28-30-44(42)55(43)45-25-13-23-39-47-40(24-14-26-46(47)56-48(39)45)51-53-49(35-19-9-3-10-20-35)52-50(54-51)36-21-11-4-12-22-36/h1-7,9-17,19-32H,8,18H2. The molecule has 11 rings (SSSR count). The molecule has 0 fully saturated rings. The van der Waals surface area contributed by atoms with Crippen molar-refractivity contribution in [2.45, 2.75) is 12.8 Å². The SMILES string of the molecule is C1=CCCC(c2ccc3c(c2)c2cc(-c4ccccc4)ccc2n3-c2cccc3c2oc2cccc(-c4nc(-c5ccccc5)nc(-c5ccccc5)n4)c23)=C1. The van der Waals surface area contributed by atoms with E-state index in [-0.39, 0.29) is 0 Å². The first-order valence-corrected chi connectivity index (χ1v) is 19.1. The van der Waals surface area contributed by atoms with E-state index in [2.05, 4.69) is 114 Å². The lowest BCUT2D eigenvalue weighted by Crippen LogP contribution is -2.00. The molecule has 0 bridgehead atoms. The van der Waals surface area contributed by atoms with E-state index in [0.29, 0.717) is 17.5 Å². The second kappa shape index (κ2) is 13.2. The molecule has 7 aromatic carbocycles. The minimum atomic E-state index is 0.598. The smallest absolute Gasteiger partial charge is 0.164 e. The molecule has 264 valence electrons. The molecule has 0 aliphatic heterocycles. The van der Waals surface area contributed by atoms with Crippen LogP contribution in [0.25, 0.3) is 100 Å². The first-order chi connectivity index (χ1) is 27.8. The van der Waals surface area contributed by atoms with E-state index in [1.807, 2.05) is 72.8 Å². The first-order valence-electron chi connectivity index (χ1n) is 19.1. The number of hydrogen-bond acceptors (Lipinski definition) is 4. The number of furan rings is 1. The number of hydrogen-bond donors (Lipinski definition) is 0. The zero-order valence-electron chi connectivity index (χ0n) is 30.4. The van der Waals surface area contributed by atoms with Gasteiger partial charge in [-0.15, -0.1) is 0 Å². The van der Waals surface area contributed by atoms with Gasteiger partial charge in [-0.05, 0) is 71.5 Å². The Morgan fingerprint density at radius 3 is 1.75 bits per heavy atom. The lowest BCUT2D eigenvalue weighted by molar-refractivity contribution is 0.666. The van der Waals surface area contributed by atoms with Crippen LogP contribution in [0, 0.1) is 0 Å². The van der Waals surface area contributed by atoms with E-state index in [1.165, 1.54) is 33.0 Å². The third kappa shape index (κ3) is 5.36. The average molecular weight is 719 g/mol. The Hall–Kier alpha value is -7.37. The van der Waals surface area contributed by atoms with Crippen LogP contribution in [-0.2, 0) is 0 Å². The molecule has 5 nitrogen and oxygen atoms in total. The number of nitrogens with zero attached hydrogens (tertiary/aromatic N) is 4. The summed E-state index contributed by atoms with van der Waals surface area (Å²) in [7, 11) is 0. The van der Waals surface area contributed by atoms with Gasteiger partial charge in [0.2, 0.25) is 0 Å². The van der Waals surface area contributed by atoms with Crippen molar-refractivity contribution in [1.29, 1.82) is 0 Å². The molecular formula is C51H34N4O. The van der Waals surface area contributed by atoms with Crippen molar-refractivity contribution in [2.24, 2.45) is 0 Å². The highest BCUT2D eigenvalue weighted by Crippen LogP contribution is 2.42. The number of allylic oxidation sites excluding steroid dienone is 4. The zero-order chi connectivity index (χ0) is 37.0. The highest BCUT2D eigenvalue weighted by molar-refractivity contribution is 6.16. The van der Waals surface area contributed by atoms with Crippen LogP contribution >= 0.6 is 0 Å². The number of fused-ring (bicyclic) bond motifs is 6. The molecular weight excluding hydrogens is 685 g/mol. The van der Waals surface area contributed by atoms with Gasteiger partial charge in [-0.25, -0.2) is 15.0 Å². The van der Waals surface area contributed by atoms with Crippen LogP contribution in [0.4, 0.5) is 0 Å². The van der Waals surface area contributed by atoms with Crippen molar-refractivity contribution in [3.8, 4) is 51.0 Å². The summed E-state index contributed by atoms with van der Waals surface area (Å²) >= 11 is 0. The number of aromatic nitrogens is 4. The molecule has 56 heavy (non-hydrogen) atoms. The maximum Gasteiger partial charge on any atom is 0.164 e. The highest BCUT2D eigenvalue weighted by Gasteiger charge is 2.22. The topological polar surface area (TPSA) is 56.7 Å². The summed E-state index contributed by atoms with van der Waals surface area (Å²) < 4.78 is 9.27. The van der Waals surface area contributed by atoms with Crippen LogP contribution in [0.2, 0.25) is 0 Å². The molecule has 5 heteroatoms. The third-order valence-corrected chi connectivity index (χ3v) is 10.9. The Kier molecular flexibility index (Phi) is 7.56. The quantitative estimate of drug-likeness (QED) is 0.172. The van der Waals surface area contributed by atoms with Gasteiger partial charge in [0.25, 0.3) is 0 Å². The lowest BCUT2D eigenvalue weighted by Gasteiger charge is -2.11. The predicted octanol–water partition coefficient (Wildman–Crippen LogP) is 13.3. The van der Waals surface area contributed by atoms with Gasteiger partial charge in [0.15, 0.2) is 23.1 Å². The minimum Gasteiger partial charge on any atom is -0.454 e. The van der Waals surface area contributed by atoms with Crippen molar-refractivity contribution < 1.29 is 4.42 Å². The van der Waals surface area contributed by atoms with Crippen molar-refractivity contribution >= 4 is 49.3 Å². The molecule has 0 amide bonds. The Labute approximate surface area is 323 Å². The number of benzene rings is 7. The summed E-state index contributed by atoms with van der Waals surface area (Å²) in [4.78, 5) is 15.1. The van der Waals surface area contributed by atoms with Crippen LogP contribution in [0.5, 0.6) is 0 Å². The number of rotatable bonds is 6. The molecule has 0 atom stereocenters. The van der Waals surface area contributed by atoms with E-state index in [1.54, 1.807) is 0 Å². The summed E-state index contributed by atoms with van der Waals surface area (Å²) in [6, 6.07) is 57.2. The Bertz CT molecular complexity index is 3120. The number of para-hydroxylation sites is 1. The van der Waals surface area contributed by atoms with Crippen LogP contribution in [0.1, 0.15) is 18.4 Å². The minimum absolute atomic E-state index is 0.598. The molecule has 0 spiro atoms. The van der Waals surface area contributed by atoms with Crippen LogP contribution in [0.3, 0.4) is 0 Å². The second-order valence-electron chi connectivity index (χ2n) is 14.3. The van der Waals surface area contributed by atoms with Gasteiger partial charge < -0.3 is 8.98 Å². The largest absolute Gasteiger partial charge is 0.454 e. The molecule has 3 heterocycles. The van der Waals surface area contributed by atoms with Gasteiger partial charge in [-0.2, -0.15) is 0 Å². The molecule has 10 aromatic rings. The highest BCUT2D eigenvalue weighted by atomic mass is 16.3. The monoisotopic (exact) mass is 718 g/mol. The fourth-order valence-electron chi connectivity index (χ4n) is 8.26. The third-order valence-electron chi connectivity index (χ3n) is 10.9. The van der Waals surface area contributed by atoms with Crippen LogP contribution in [-0.4, -0.2) is 19.5 Å². The predicted molar refractivity (Wildman–Crippen MR) is 230 cm³/mol. The fraction of sp³-hybridized carbons (Fsp3) is 0.0392. The van der Waals surface area contributed by atoms with Crippen LogP contribution < -0.4 is 0 Å². The summed E-state index contributed by atoms with van der Waals surface area (Å²) in [5.41, 5.74) is 12.6. The Balaban J connectivity index is 1.15. The van der Waals surface area contributed by atoms with E-state index in [4.69, 9.17) is 19.4 Å². The van der Waals surface area contributed by atoms with Gasteiger partial charge in [0.05, 0.1) is 16.7 Å². The zero-order valence-corrected chi connectivity index (χ0v) is 30.4. The van der Waals surface area contributed by atoms with Gasteiger partial charge in [-0.3, -0.25) is 0 Å². The van der Waals surface area contributed by atoms with Crippen molar-refractivity contribution in [2.75, 3.05) is 0 Å². The van der Waals surface area contributed by atoms with Gasteiger partial charge in [-0.1, -0.05) is 146 Å². The molecule has 1 aliphatic carbocycles. The first kappa shape index (κ1) is 32.1. The van der Waals surface area contributed by atoms with Gasteiger partial charge >= 0.3 is 0 Å². The molecule has 0 unspecified atom stereocenters. The van der Waals surface area contributed by atoms with Crippen molar-refractivity contribution in [3.05, 3.63) is 188 Å². The summed E-state index contributed by atoms with van der Waals surface area (Å²) in [5.74, 6) is 1.85. The van der Waals surface area contributed by atoms with Crippen molar-refractivity contribution in [3.63, 3.8) is 0 Å². The average Bonchev–Trinajstić information content (AvgIpc) is 3.83. The fourth-order valence-corrected chi connectivity index (χ4v) is 8.26. The molecule has 1 aliphatic rings. The molecule has 0 saturated heterocycles. The normalized spacial score (nSPS) is 12.9. The van der Waals surface area contributed by atoms with E-state index in [9.17, 15) is 0 Å². The Morgan fingerprint density at radius 1 is 0.482 bits per heavy atom. The molecule has 3 aromatic heterocycles. The Morgan fingerprint density at radius 2 is 1.09 bits per heavy atom. The summed E-state index contributed by atoms with van der Waals surface area (Å²) in [6.07, 6.45) is 8.77. The van der Waals surface area contributed by atoms with E-state index < -0.39 is 0 Å². The second-order valence-corrected chi connectivity index (χ2v) is 14.3. The van der Waals surface area contributed by atoms with Crippen molar-refractivity contribution in [1.82, 2.24) is 19.5 Å². The van der Waals surface area contributed by atoms with E-state index in [0.717, 1.165) is 68.2 Å². The maximum absolute atomic E-state index is 6.90. The van der Waals surface area contributed by atoms with Crippen LogP contribution in [0.15, 0.2) is 186 Å². The summed E-state index contributed by atoms with van der Waals surface area (Å²) in [6.45, 7) is 0. The molecule has 0 saturated carbocycles. The molecule has 0 radical (unpaired) electrons. The van der Waals surface area contributed by atoms with E-state index >= 15 is 0 Å². The lowest BCUT2D eigenvalue weighted by atomic mass is 9.95. The summed E-state index contributed by atoms with van der Waals surface area (Å²) in [5, 5.41) is 4.39. The maximum atomic E-state index is 6.90. The van der Waals surface area contributed by atoms with Gasteiger partial charge in [0, 0.05) is 38.2 Å².